The van der Waals surface area contributed by atoms with Gasteiger partial charge in [-0.15, -0.1) is 0 Å². The van der Waals surface area contributed by atoms with Crippen molar-refractivity contribution < 1.29 is 9.53 Å². The van der Waals surface area contributed by atoms with Crippen LogP contribution >= 0.6 is 0 Å². The van der Waals surface area contributed by atoms with Crippen LogP contribution in [0.15, 0.2) is 12.3 Å². The summed E-state index contributed by atoms with van der Waals surface area (Å²) in [5.74, 6) is 5.82. The van der Waals surface area contributed by atoms with Crippen LogP contribution in [0, 0.1) is 18.8 Å². The molecule has 1 amide bonds. The molecule has 1 aromatic rings. The van der Waals surface area contributed by atoms with Gasteiger partial charge in [0.25, 0.3) is 0 Å². The zero-order valence-corrected chi connectivity index (χ0v) is 12.4. The van der Waals surface area contributed by atoms with Crippen LogP contribution in [0.5, 0.6) is 0 Å². The summed E-state index contributed by atoms with van der Waals surface area (Å²) in [6.45, 7) is 7.79. The molecule has 0 aliphatic rings. The Balaban J connectivity index is 2.41. The molecule has 3 N–H and O–H groups in total. The highest BCUT2D eigenvalue weighted by Gasteiger charge is 2.15. The molecular weight excluding hydrogens is 254 g/mol. The number of hydrogen-bond donors (Lipinski definition) is 2. The predicted molar refractivity (Wildman–Crippen MR) is 79.1 cm³/mol. The number of anilines is 1. The van der Waals surface area contributed by atoms with Gasteiger partial charge in [0.1, 0.15) is 11.3 Å². The summed E-state index contributed by atoms with van der Waals surface area (Å²) in [5, 5.41) is 2.64. The van der Waals surface area contributed by atoms with Crippen molar-refractivity contribution in [1.29, 1.82) is 0 Å². The lowest BCUT2D eigenvalue weighted by Gasteiger charge is -2.19. The van der Waals surface area contributed by atoms with Crippen molar-refractivity contribution in [2.45, 2.75) is 39.7 Å². The second-order valence-corrected chi connectivity index (χ2v) is 5.37. The number of rotatable bonds is 2. The largest absolute Gasteiger partial charge is 0.444 e. The van der Waals surface area contributed by atoms with Crippen molar-refractivity contribution in [3.05, 3.63) is 23.5 Å². The maximum absolute atomic E-state index is 11.4. The molecule has 5 nitrogen and oxygen atoms in total. The third-order valence-electron chi connectivity index (χ3n) is 2.33. The number of alkyl carbamates (subject to hydrolysis) is 1. The monoisotopic (exact) mass is 275 g/mol. The summed E-state index contributed by atoms with van der Waals surface area (Å²) in [6, 6.07) is 1.84. The first kappa shape index (κ1) is 15.8. The first-order valence-corrected chi connectivity index (χ1v) is 6.46. The van der Waals surface area contributed by atoms with Crippen molar-refractivity contribution in [1.82, 2.24) is 10.3 Å². The summed E-state index contributed by atoms with van der Waals surface area (Å²) >= 11 is 0. The smallest absolute Gasteiger partial charge is 0.407 e. The Labute approximate surface area is 119 Å². The van der Waals surface area contributed by atoms with Gasteiger partial charge in [0.15, 0.2) is 0 Å². The number of nitrogens with one attached hydrogen (secondary N) is 1. The number of aromatic nitrogens is 1. The van der Waals surface area contributed by atoms with E-state index in [1.54, 1.807) is 6.20 Å². The van der Waals surface area contributed by atoms with Crippen molar-refractivity contribution in [2.24, 2.45) is 0 Å². The van der Waals surface area contributed by atoms with Crippen molar-refractivity contribution >= 4 is 11.8 Å². The molecule has 0 saturated carbocycles. The maximum Gasteiger partial charge on any atom is 0.407 e. The third-order valence-corrected chi connectivity index (χ3v) is 2.33. The topological polar surface area (TPSA) is 77.2 Å². The number of aryl methyl sites for hydroxylation is 1. The number of carbonyl (C=O) groups excluding carboxylic acids is 1. The summed E-state index contributed by atoms with van der Waals surface area (Å²) in [4.78, 5) is 15.5. The molecule has 1 heterocycles. The molecule has 20 heavy (non-hydrogen) atoms. The first-order valence-electron chi connectivity index (χ1n) is 6.46. The number of hydrogen-bond acceptors (Lipinski definition) is 4. The van der Waals surface area contributed by atoms with Crippen LogP contribution in [-0.2, 0) is 4.74 Å². The molecule has 0 fully saturated rings. The van der Waals surface area contributed by atoms with Crippen molar-refractivity contribution in [3.63, 3.8) is 0 Å². The number of nitrogens with zero attached hydrogens (tertiary/aromatic N) is 1. The second kappa shape index (κ2) is 6.80. The van der Waals surface area contributed by atoms with E-state index in [0.29, 0.717) is 24.3 Å². The van der Waals surface area contributed by atoms with Gasteiger partial charge in [0.05, 0.1) is 5.69 Å². The zero-order chi connectivity index (χ0) is 15.2. The Morgan fingerprint density at radius 3 is 2.85 bits per heavy atom. The SMILES string of the molecule is Cc1ccnc(C#CCCNC(=O)OC(C)(C)C)c1N. The lowest BCUT2D eigenvalue weighted by Crippen LogP contribution is -2.32. The van der Waals surface area contributed by atoms with Crippen LogP contribution in [0.25, 0.3) is 0 Å². The molecule has 1 rings (SSSR count). The minimum Gasteiger partial charge on any atom is -0.444 e. The molecule has 0 saturated heterocycles. The number of carbonyl (C=O) groups is 1. The van der Waals surface area contributed by atoms with E-state index in [1.807, 2.05) is 33.8 Å². The van der Waals surface area contributed by atoms with Gasteiger partial charge < -0.3 is 15.8 Å². The zero-order valence-electron chi connectivity index (χ0n) is 12.4. The van der Waals surface area contributed by atoms with Gasteiger partial charge in [-0.2, -0.15) is 0 Å². The Morgan fingerprint density at radius 1 is 1.50 bits per heavy atom. The molecule has 1 aromatic heterocycles. The molecule has 0 aliphatic heterocycles. The fourth-order valence-corrected chi connectivity index (χ4v) is 1.36. The van der Waals surface area contributed by atoms with E-state index in [1.165, 1.54) is 0 Å². The Bertz CT molecular complexity index is 536. The second-order valence-electron chi connectivity index (χ2n) is 5.37. The van der Waals surface area contributed by atoms with Crippen molar-refractivity contribution in [3.8, 4) is 11.8 Å². The van der Waals surface area contributed by atoms with Crippen molar-refractivity contribution in [2.75, 3.05) is 12.3 Å². The van der Waals surface area contributed by atoms with E-state index in [4.69, 9.17) is 10.5 Å². The highest BCUT2D eigenvalue weighted by atomic mass is 16.6. The lowest BCUT2D eigenvalue weighted by molar-refractivity contribution is 0.0529. The summed E-state index contributed by atoms with van der Waals surface area (Å²) in [7, 11) is 0. The Morgan fingerprint density at radius 2 is 2.20 bits per heavy atom. The fourth-order valence-electron chi connectivity index (χ4n) is 1.36. The molecule has 0 aromatic carbocycles. The standard InChI is InChI=1S/C15H21N3O2/c1-11-8-10-17-12(13(11)16)7-5-6-9-18-14(19)20-15(2,3)4/h8,10H,6,9,16H2,1-4H3,(H,18,19). The molecule has 0 atom stereocenters. The van der Waals surface area contributed by atoms with E-state index in [0.717, 1.165) is 5.56 Å². The number of nitrogens with two attached hydrogens (primary N) is 1. The Hall–Kier alpha value is -2.22. The van der Waals surface area contributed by atoms with Gasteiger partial charge in [-0.25, -0.2) is 9.78 Å². The van der Waals surface area contributed by atoms with Gasteiger partial charge >= 0.3 is 6.09 Å². The van der Waals surface area contributed by atoms with Crippen LogP contribution in [0.4, 0.5) is 10.5 Å². The number of amides is 1. The van der Waals surface area contributed by atoms with Gasteiger partial charge in [0.2, 0.25) is 0 Å². The molecule has 0 aliphatic carbocycles. The molecular formula is C15H21N3O2. The number of ether oxygens (including phenoxy) is 1. The summed E-state index contributed by atoms with van der Waals surface area (Å²) in [5.41, 5.74) is 7.49. The molecule has 0 bridgehead atoms. The van der Waals surface area contributed by atoms with Gasteiger partial charge in [0, 0.05) is 19.2 Å². The molecule has 0 unspecified atom stereocenters. The quantitative estimate of drug-likeness (QED) is 0.641. The minimum absolute atomic E-state index is 0.424. The number of nitrogen functional groups attached to an aromatic ring is 1. The minimum atomic E-state index is -0.490. The van der Waals surface area contributed by atoms with Crippen LogP contribution in [0.1, 0.15) is 38.4 Å². The molecule has 5 heteroatoms. The highest BCUT2D eigenvalue weighted by molar-refractivity contribution is 5.67. The fraction of sp³-hybridized carbons (Fsp3) is 0.467. The van der Waals surface area contributed by atoms with Crippen LogP contribution in [0.3, 0.4) is 0 Å². The van der Waals surface area contributed by atoms with E-state index < -0.39 is 11.7 Å². The highest BCUT2D eigenvalue weighted by Crippen LogP contribution is 2.11. The van der Waals surface area contributed by atoms with E-state index in [9.17, 15) is 4.79 Å². The average molecular weight is 275 g/mol. The molecule has 0 radical (unpaired) electrons. The van der Waals surface area contributed by atoms with Gasteiger partial charge in [-0.05, 0) is 45.2 Å². The average Bonchev–Trinajstić information content (AvgIpc) is 2.31. The van der Waals surface area contributed by atoms with E-state index in [2.05, 4.69) is 22.1 Å². The lowest BCUT2D eigenvalue weighted by atomic mass is 10.2. The maximum atomic E-state index is 11.4. The van der Waals surface area contributed by atoms with Crippen LogP contribution in [0.2, 0.25) is 0 Å². The van der Waals surface area contributed by atoms with E-state index in [-0.39, 0.29) is 0 Å². The van der Waals surface area contributed by atoms with Crippen LogP contribution in [-0.4, -0.2) is 23.2 Å². The normalized spacial score (nSPS) is 10.4. The molecule has 108 valence electrons. The molecule has 0 spiro atoms. The number of pyridine rings is 1. The summed E-state index contributed by atoms with van der Waals surface area (Å²) < 4.78 is 5.11. The van der Waals surface area contributed by atoms with Crippen LogP contribution < -0.4 is 11.1 Å². The predicted octanol–water partition coefficient (Wildman–Crippen LogP) is 2.24. The Kier molecular flexibility index (Phi) is 5.39. The first-order chi connectivity index (χ1) is 9.29. The third kappa shape index (κ3) is 5.61. The van der Waals surface area contributed by atoms with E-state index >= 15 is 0 Å². The van der Waals surface area contributed by atoms with Gasteiger partial charge in [-0.3, -0.25) is 0 Å². The van der Waals surface area contributed by atoms with Gasteiger partial charge in [-0.1, -0.05) is 5.92 Å². The summed E-state index contributed by atoms with van der Waals surface area (Å²) in [6.07, 6.45) is 1.75.